The van der Waals surface area contributed by atoms with E-state index in [2.05, 4.69) is 43.6 Å². The van der Waals surface area contributed by atoms with Crippen molar-refractivity contribution >= 4 is 0 Å². The predicted molar refractivity (Wildman–Crippen MR) is 83.2 cm³/mol. The number of hydrogen-bond donors (Lipinski definition) is 1. The summed E-state index contributed by atoms with van der Waals surface area (Å²) >= 11 is 0. The Morgan fingerprint density at radius 3 is 2.70 bits per heavy atom. The molecular weight excluding hydrogens is 246 g/mol. The molecule has 0 heterocycles. The first-order chi connectivity index (χ1) is 9.79. The number of hydrogen-bond acceptors (Lipinski definition) is 2. The van der Waals surface area contributed by atoms with E-state index in [0.29, 0.717) is 6.04 Å². The Morgan fingerprint density at radius 2 is 2.05 bits per heavy atom. The van der Waals surface area contributed by atoms with Crippen LogP contribution >= 0.6 is 0 Å². The topological polar surface area (TPSA) is 21.3 Å². The third-order valence-electron chi connectivity index (χ3n) is 5.35. The monoisotopic (exact) mass is 273 g/mol. The Balaban J connectivity index is 1.71. The first-order valence-corrected chi connectivity index (χ1v) is 8.18. The minimum absolute atomic E-state index is 0.0913. The number of ether oxygens (including phenoxy) is 1. The lowest BCUT2D eigenvalue weighted by molar-refractivity contribution is -0.0634. The highest BCUT2D eigenvalue weighted by Gasteiger charge is 2.43. The fourth-order valence-electron chi connectivity index (χ4n) is 4.31. The summed E-state index contributed by atoms with van der Waals surface area (Å²) in [6, 6.07) is 9.39. The van der Waals surface area contributed by atoms with Gasteiger partial charge in [0, 0.05) is 12.6 Å². The lowest BCUT2D eigenvalue weighted by Gasteiger charge is -2.41. The molecule has 1 aromatic carbocycles. The van der Waals surface area contributed by atoms with Gasteiger partial charge in [0.25, 0.3) is 0 Å². The van der Waals surface area contributed by atoms with Crippen molar-refractivity contribution in [3.63, 3.8) is 0 Å². The van der Waals surface area contributed by atoms with Gasteiger partial charge in [0.05, 0.1) is 5.60 Å². The minimum Gasteiger partial charge on any atom is -0.374 e. The zero-order valence-electron chi connectivity index (χ0n) is 12.8. The summed E-state index contributed by atoms with van der Waals surface area (Å²) in [6.07, 6.45) is 7.55. The molecule has 2 nitrogen and oxygen atoms in total. The van der Waals surface area contributed by atoms with Crippen LogP contribution in [0.15, 0.2) is 24.3 Å². The molecule has 0 aromatic heterocycles. The SMILES string of the molecule is CCOC1(C(CC2Cc3ccccc32)NC)CCCC1. The van der Waals surface area contributed by atoms with Gasteiger partial charge >= 0.3 is 0 Å². The van der Waals surface area contributed by atoms with Gasteiger partial charge in [0.2, 0.25) is 0 Å². The molecule has 1 N–H and O–H groups in total. The van der Waals surface area contributed by atoms with Crippen LogP contribution in [-0.4, -0.2) is 25.3 Å². The van der Waals surface area contributed by atoms with Crippen molar-refractivity contribution in [2.45, 2.75) is 63.0 Å². The molecule has 2 unspecified atom stereocenters. The van der Waals surface area contributed by atoms with Gasteiger partial charge in [-0.15, -0.1) is 0 Å². The zero-order chi connectivity index (χ0) is 14.0. The second kappa shape index (κ2) is 5.87. The van der Waals surface area contributed by atoms with E-state index in [-0.39, 0.29) is 5.60 Å². The van der Waals surface area contributed by atoms with Crippen molar-refractivity contribution in [2.24, 2.45) is 0 Å². The predicted octanol–water partition coefficient (Wildman–Crippen LogP) is 3.65. The molecule has 3 rings (SSSR count). The van der Waals surface area contributed by atoms with Crippen LogP contribution in [0.4, 0.5) is 0 Å². The number of rotatable bonds is 6. The summed E-state index contributed by atoms with van der Waals surface area (Å²) in [7, 11) is 2.11. The zero-order valence-corrected chi connectivity index (χ0v) is 12.8. The second-order valence-electron chi connectivity index (χ2n) is 6.38. The lowest BCUT2D eigenvalue weighted by atomic mass is 9.72. The maximum absolute atomic E-state index is 6.24. The quantitative estimate of drug-likeness (QED) is 0.854. The number of benzene rings is 1. The number of fused-ring (bicyclic) bond motifs is 1. The first kappa shape index (κ1) is 14.1. The summed E-state index contributed by atoms with van der Waals surface area (Å²) in [5.41, 5.74) is 3.20. The molecule has 20 heavy (non-hydrogen) atoms. The van der Waals surface area contributed by atoms with E-state index in [1.807, 2.05) is 0 Å². The molecule has 2 heteroatoms. The van der Waals surface area contributed by atoms with Crippen LogP contribution in [0.1, 0.15) is 56.1 Å². The van der Waals surface area contributed by atoms with Crippen molar-refractivity contribution in [3.8, 4) is 0 Å². The van der Waals surface area contributed by atoms with Crippen LogP contribution in [0.25, 0.3) is 0 Å². The van der Waals surface area contributed by atoms with E-state index < -0.39 is 0 Å². The van der Waals surface area contributed by atoms with Gasteiger partial charge < -0.3 is 10.1 Å². The summed E-state index contributed by atoms with van der Waals surface area (Å²) in [4.78, 5) is 0. The van der Waals surface area contributed by atoms with Crippen molar-refractivity contribution in [2.75, 3.05) is 13.7 Å². The van der Waals surface area contributed by atoms with Gasteiger partial charge in [-0.3, -0.25) is 0 Å². The molecule has 1 aromatic rings. The third-order valence-corrected chi connectivity index (χ3v) is 5.35. The molecule has 0 amide bonds. The van der Waals surface area contributed by atoms with Gasteiger partial charge in [0.15, 0.2) is 0 Å². The summed E-state index contributed by atoms with van der Waals surface area (Å²) in [5, 5.41) is 3.57. The van der Waals surface area contributed by atoms with E-state index >= 15 is 0 Å². The standard InChI is InChI=1S/C18H27NO/c1-3-20-18(10-6-7-11-18)17(19-2)13-15-12-14-8-4-5-9-16(14)15/h4-5,8-9,15,17,19H,3,6-7,10-13H2,1-2H3. The van der Waals surface area contributed by atoms with E-state index in [1.54, 1.807) is 11.1 Å². The van der Waals surface area contributed by atoms with Crippen molar-refractivity contribution < 1.29 is 4.74 Å². The molecule has 0 aliphatic heterocycles. The molecule has 2 aliphatic carbocycles. The van der Waals surface area contributed by atoms with Crippen LogP contribution in [0.5, 0.6) is 0 Å². The van der Waals surface area contributed by atoms with E-state index in [9.17, 15) is 0 Å². The Bertz CT molecular complexity index is 450. The first-order valence-electron chi connectivity index (χ1n) is 8.18. The van der Waals surface area contributed by atoms with Crippen molar-refractivity contribution in [3.05, 3.63) is 35.4 Å². The largest absolute Gasteiger partial charge is 0.374 e. The highest BCUT2D eigenvalue weighted by Crippen LogP contribution is 2.43. The fraction of sp³-hybridized carbons (Fsp3) is 0.667. The summed E-state index contributed by atoms with van der Waals surface area (Å²) in [5.74, 6) is 0.724. The maximum Gasteiger partial charge on any atom is 0.0834 e. The van der Waals surface area contributed by atoms with Crippen LogP contribution < -0.4 is 5.32 Å². The van der Waals surface area contributed by atoms with Gasteiger partial charge in [-0.25, -0.2) is 0 Å². The Labute approximate surface area is 122 Å². The lowest BCUT2D eigenvalue weighted by Crippen LogP contribution is -2.51. The molecule has 0 bridgehead atoms. The second-order valence-corrected chi connectivity index (χ2v) is 6.38. The smallest absolute Gasteiger partial charge is 0.0834 e. The Kier molecular flexibility index (Phi) is 4.13. The average molecular weight is 273 g/mol. The molecule has 0 spiro atoms. The van der Waals surface area contributed by atoms with Crippen LogP contribution in [0, 0.1) is 0 Å². The highest BCUT2D eigenvalue weighted by molar-refractivity contribution is 5.40. The normalized spacial score (nSPS) is 25.0. The molecular formula is C18H27NO. The molecule has 1 saturated carbocycles. The van der Waals surface area contributed by atoms with Gasteiger partial charge in [0.1, 0.15) is 0 Å². The molecule has 0 saturated heterocycles. The van der Waals surface area contributed by atoms with Gasteiger partial charge in [-0.1, -0.05) is 37.1 Å². The van der Waals surface area contributed by atoms with Gasteiger partial charge in [-0.05, 0) is 56.7 Å². The molecule has 0 radical (unpaired) electrons. The van der Waals surface area contributed by atoms with E-state index in [4.69, 9.17) is 4.74 Å². The molecule has 2 aliphatic rings. The third kappa shape index (κ3) is 2.40. The summed E-state index contributed by atoms with van der Waals surface area (Å²) < 4.78 is 6.24. The molecule has 1 fully saturated rings. The molecule has 110 valence electrons. The summed E-state index contributed by atoms with van der Waals surface area (Å²) in [6.45, 7) is 2.96. The Hall–Kier alpha value is -0.860. The van der Waals surface area contributed by atoms with E-state index in [0.717, 1.165) is 12.5 Å². The highest BCUT2D eigenvalue weighted by atomic mass is 16.5. The average Bonchev–Trinajstić information content (AvgIpc) is 2.90. The number of nitrogens with one attached hydrogen (secondary N) is 1. The fourth-order valence-corrected chi connectivity index (χ4v) is 4.31. The van der Waals surface area contributed by atoms with Crippen LogP contribution in [-0.2, 0) is 11.2 Å². The van der Waals surface area contributed by atoms with Crippen molar-refractivity contribution in [1.82, 2.24) is 5.32 Å². The van der Waals surface area contributed by atoms with Gasteiger partial charge in [-0.2, -0.15) is 0 Å². The Morgan fingerprint density at radius 1 is 1.30 bits per heavy atom. The van der Waals surface area contributed by atoms with Crippen LogP contribution in [0.3, 0.4) is 0 Å². The van der Waals surface area contributed by atoms with Crippen LogP contribution in [0.2, 0.25) is 0 Å². The maximum atomic E-state index is 6.24. The molecule has 2 atom stereocenters. The van der Waals surface area contributed by atoms with E-state index in [1.165, 1.54) is 38.5 Å². The minimum atomic E-state index is 0.0913. The van der Waals surface area contributed by atoms with Crippen molar-refractivity contribution in [1.29, 1.82) is 0 Å². The number of likely N-dealkylation sites (N-methyl/N-ethyl adjacent to an activating group) is 1.